The van der Waals surface area contributed by atoms with Crippen molar-refractivity contribution < 1.29 is 17.9 Å². The van der Waals surface area contributed by atoms with E-state index in [2.05, 4.69) is 11.1 Å². The molecule has 0 amide bonds. The number of benzene rings is 1. The van der Waals surface area contributed by atoms with Gasteiger partial charge in [-0.1, -0.05) is 48.0 Å². The van der Waals surface area contributed by atoms with Gasteiger partial charge in [-0.05, 0) is 17.7 Å². The van der Waals surface area contributed by atoms with Gasteiger partial charge in [0, 0.05) is 19.3 Å². The van der Waals surface area contributed by atoms with E-state index in [1.807, 2.05) is 35.2 Å². The number of nitriles is 1. The van der Waals surface area contributed by atoms with Crippen LogP contribution < -0.4 is 0 Å². The largest absolute Gasteiger partial charge is 0.417 e. The molecule has 1 fully saturated rings. The van der Waals surface area contributed by atoms with E-state index >= 15 is 0 Å². The van der Waals surface area contributed by atoms with Crippen LogP contribution in [0.25, 0.3) is 6.08 Å². The van der Waals surface area contributed by atoms with Crippen molar-refractivity contribution in [1.29, 1.82) is 5.26 Å². The maximum atomic E-state index is 13.0. The van der Waals surface area contributed by atoms with Crippen LogP contribution in [0.1, 0.15) is 16.8 Å². The summed E-state index contributed by atoms with van der Waals surface area (Å²) in [6.07, 6.45) is -0.475. The normalized spacial score (nSPS) is 18.0. The molecule has 3 rings (SSSR count). The molecule has 1 saturated heterocycles. The molecule has 1 unspecified atom stereocenters. The first kappa shape index (κ1) is 20.3. The van der Waals surface area contributed by atoms with Crippen LogP contribution >= 0.6 is 11.6 Å². The van der Waals surface area contributed by atoms with Gasteiger partial charge < -0.3 is 4.74 Å². The fraction of sp³-hybridized carbons (Fsp3) is 0.300. The van der Waals surface area contributed by atoms with Gasteiger partial charge in [-0.15, -0.1) is 0 Å². The molecule has 8 heteroatoms. The highest BCUT2D eigenvalue weighted by molar-refractivity contribution is 6.31. The number of rotatable bonds is 4. The van der Waals surface area contributed by atoms with Crippen molar-refractivity contribution >= 4 is 17.7 Å². The van der Waals surface area contributed by atoms with Crippen molar-refractivity contribution in [2.24, 2.45) is 0 Å². The number of nitrogens with zero attached hydrogens (tertiary/aromatic N) is 3. The molecular weight excluding hydrogens is 391 g/mol. The van der Waals surface area contributed by atoms with E-state index in [0.29, 0.717) is 32.5 Å². The number of hydrogen-bond acceptors (Lipinski definition) is 4. The van der Waals surface area contributed by atoms with Gasteiger partial charge in [-0.3, -0.25) is 9.88 Å². The summed E-state index contributed by atoms with van der Waals surface area (Å²) < 4.78 is 44.3. The first-order valence-corrected chi connectivity index (χ1v) is 8.96. The van der Waals surface area contributed by atoms with Crippen molar-refractivity contribution in [2.75, 3.05) is 26.3 Å². The minimum Gasteiger partial charge on any atom is -0.379 e. The van der Waals surface area contributed by atoms with Crippen LogP contribution in [0.4, 0.5) is 13.2 Å². The molecule has 0 spiro atoms. The third kappa shape index (κ3) is 4.20. The Morgan fingerprint density at radius 3 is 2.43 bits per heavy atom. The summed E-state index contributed by atoms with van der Waals surface area (Å²) in [6.45, 7) is 1.65. The molecule has 146 valence electrons. The van der Waals surface area contributed by atoms with Gasteiger partial charge >= 0.3 is 6.18 Å². The highest BCUT2D eigenvalue weighted by atomic mass is 35.5. The highest BCUT2D eigenvalue weighted by Gasteiger charge is 2.42. The molecule has 0 bridgehead atoms. The van der Waals surface area contributed by atoms with Crippen LogP contribution in [-0.4, -0.2) is 36.2 Å². The minimum atomic E-state index is -4.57. The molecule has 1 aromatic heterocycles. The maximum absolute atomic E-state index is 13.0. The van der Waals surface area contributed by atoms with E-state index in [-0.39, 0.29) is 10.7 Å². The van der Waals surface area contributed by atoms with Crippen molar-refractivity contribution in [2.45, 2.75) is 11.7 Å². The summed E-state index contributed by atoms with van der Waals surface area (Å²) >= 11 is 6.19. The minimum absolute atomic E-state index is 0.0683. The monoisotopic (exact) mass is 407 g/mol. The number of alkyl halides is 3. The Morgan fingerprint density at radius 2 is 1.86 bits per heavy atom. The number of morpholine rings is 1. The molecule has 1 aliphatic heterocycles. The van der Waals surface area contributed by atoms with Crippen LogP contribution in [0.2, 0.25) is 5.02 Å². The number of pyridine rings is 1. The van der Waals surface area contributed by atoms with Gasteiger partial charge in [0.15, 0.2) is 5.54 Å². The SMILES string of the molecule is N#CC(/C=C/c1ccccc1)(c1ncc(C(F)(F)F)cc1Cl)N1CCOCC1. The molecule has 1 atom stereocenters. The Morgan fingerprint density at radius 1 is 1.18 bits per heavy atom. The van der Waals surface area contributed by atoms with Gasteiger partial charge in [-0.2, -0.15) is 18.4 Å². The summed E-state index contributed by atoms with van der Waals surface area (Å²) in [5.74, 6) is 0. The summed E-state index contributed by atoms with van der Waals surface area (Å²) in [6, 6.07) is 12.3. The van der Waals surface area contributed by atoms with E-state index in [4.69, 9.17) is 16.3 Å². The molecule has 28 heavy (non-hydrogen) atoms. The zero-order valence-electron chi connectivity index (χ0n) is 14.8. The Bertz CT molecular complexity index is 890. The predicted molar refractivity (Wildman–Crippen MR) is 99.4 cm³/mol. The van der Waals surface area contributed by atoms with Crippen LogP contribution in [0.5, 0.6) is 0 Å². The Hall–Kier alpha value is -2.40. The van der Waals surface area contributed by atoms with Crippen molar-refractivity contribution in [3.05, 3.63) is 70.5 Å². The first-order chi connectivity index (χ1) is 13.4. The molecule has 4 nitrogen and oxygen atoms in total. The lowest BCUT2D eigenvalue weighted by molar-refractivity contribution is -0.137. The molecule has 1 aromatic carbocycles. The van der Waals surface area contributed by atoms with Gasteiger partial charge in [-0.25, -0.2) is 0 Å². The van der Waals surface area contributed by atoms with Crippen molar-refractivity contribution in [3.63, 3.8) is 0 Å². The molecule has 1 aliphatic rings. The molecule has 2 heterocycles. The number of hydrogen-bond donors (Lipinski definition) is 0. The summed E-state index contributed by atoms with van der Waals surface area (Å²) in [4.78, 5) is 5.78. The first-order valence-electron chi connectivity index (χ1n) is 8.58. The number of aromatic nitrogens is 1. The predicted octanol–water partition coefficient (Wildman–Crippen LogP) is 4.52. The second kappa shape index (κ2) is 8.31. The molecule has 0 saturated carbocycles. The third-order valence-electron chi connectivity index (χ3n) is 4.53. The number of ether oxygens (including phenoxy) is 1. The molecule has 2 aromatic rings. The molecular formula is C20H17ClF3N3O. The smallest absolute Gasteiger partial charge is 0.379 e. The van der Waals surface area contributed by atoms with Crippen LogP contribution in [0.3, 0.4) is 0 Å². The average molecular weight is 408 g/mol. The Balaban J connectivity index is 2.10. The quantitative estimate of drug-likeness (QED) is 0.747. The van der Waals surface area contributed by atoms with Crippen LogP contribution in [0.15, 0.2) is 48.7 Å². The zero-order chi connectivity index (χ0) is 20.2. The molecule has 0 aliphatic carbocycles. The van der Waals surface area contributed by atoms with Gasteiger partial charge in [0.25, 0.3) is 0 Å². The molecule has 0 N–H and O–H groups in total. The second-order valence-corrected chi connectivity index (χ2v) is 6.68. The standard InChI is InChI=1S/C20H17ClF3N3O/c21-17-12-16(20(22,23)24)13-26-18(17)19(14-25,27-8-10-28-11-9-27)7-6-15-4-2-1-3-5-15/h1-7,12-13H,8-11H2/b7-6+. The van der Waals surface area contributed by atoms with E-state index in [1.54, 1.807) is 12.2 Å². The Labute approximate surface area is 165 Å². The third-order valence-corrected chi connectivity index (χ3v) is 4.81. The lowest BCUT2D eigenvalue weighted by atomic mass is 9.91. The Kier molecular flexibility index (Phi) is 6.04. The zero-order valence-corrected chi connectivity index (χ0v) is 15.5. The highest BCUT2D eigenvalue weighted by Crippen LogP contribution is 2.37. The van der Waals surface area contributed by atoms with Gasteiger partial charge in [0.1, 0.15) is 0 Å². The topological polar surface area (TPSA) is 49.2 Å². The van der Waals surface area contributed by atoms with E-state index in [0.717, 1.165) is 11.6 Å². The van der Waals surface area contributed by atoms with Crippen molar-refractivity contribution in [3.8, 4) is 6.07 Å². The maximum Gasteiger partial charge on any atom is 0.417 e. The van der Waals surface area contributed by atoms with E-state index in [9.17, 15) is 18.4 Å². The number of halogens is 4. The van der Waals surface area contributed by atoms with Gasteiger partial charge in [0.05, 0.1) is 35.6 Å². The second-order valence-electron chi connectivity index (χ2n) is 6.27. The average Bonchev–Trinajstić information content (AvgIpc) is 2.70. The van der Waals surface area contributed by atoms with Crippen molar-refractivity contribution in [1.82, 2.24) is 9.88 Å². The lowest BCUT2D eigenvalue weighted by Crippen LogP contribution is -2.50. The summed E-state index contributed by atoms with van der Waals surface area (Å²) in [7, 11) is 0. The van der Waals surface area contributed by atoms with Crippen LogP contribution in [0, 0.1) is 11.3 Å². The van der Waals surface area contributed by atoms with Crippen LogP contribution in [-0.2, 0) is 16.5 Å². The fourth-order valence-corrected chi connectivity index (χ4v) is 3.38. The lowest BCUT2D eigenvalue weighted by Gasteiger charge is -2.39. The fourth-order valence-electron chi connectivity index (χ4n) is 3.07. The van der Waals surface area contributed by atoms with E-state index in [1.165, 1.54) is 0 Å². The summed E-state index contributed by atoms with van der Waals surface area (Å²) in [5, 5.41) is 9.90. The summed E-state index contributed by atoms with van der Waals surface area (Å²) in [5.41, 5.74) is -1.46. The van der Waals surface area contributed by atoms with Gasteiger partial charge in [0.2, 0.25) is 0 Å². The van der Waals surface area contributed by atoms with E-state index < -0.39 is 17.3 Å². The molecule has 0 radical (unpaired) electrons.